The third-order valence-corrected chi connectivity index (χ3v) is 6.39. The summed E-state index contributed by atoms with van der Waals surface area (Å²) in [6, 6.07) is 11.3. The number of hydrogen-bond acceptors (Lipinski definition) is 5. The zero-order valence-electron chi connectivity index (χ0n) is 18.0. The molecule has 0 saturated carbocycles. The number of anilines is 1. The van der Waals surface area contributed by atoms with E-state index in [-0.39, 0.29) is 24.1 Å². The number of benzene rings is 1. The Morgan fingerprint density at radius 3 is 2.62 bits per heavy atom. The second-order valence-electron chi connectivity index (χ2n) is 8.66. The third kappa shape index (κ3) is 4.55. The maximum Gasteiger partial charge on any atom is 0.321 e. The van der Waals surface area contributed by atoms with Gasteiger partial charge in [-0.1, -0.05) is 6.07 Å². The van der Waals surface area contributed by atoms with E-state index in [0.717, 1.165) is 30.7 Å². The molecule has 32 heavy (non-hydrogen) atoms. The van der Waals surface area contributed by atoms with Gasteiger partial charge in [0.15, 0.2) is 0 Å². The lowest BCUT2D eigenvalue weighted by Crippen LogP contribution is -2.50. The van der Waals surface area contributed by atoms with Crippen LogP contribution in [-0.2, 0) is 9.53 Å². The molecule has 8 nitrogen and oxygen atoms in total. The van der Waals surface area contributed by atoms with Gasteiger partial charge in [0.25, 0.3) is 5.91 Å². The number of urea groups is 1. The van der Waals surface area contributed by atoms with Gasteiger partial charge in [-0.2, -0.15) is 0 Å². The highest BCUT2D eigenvalue weighted by Crippen LogP contribution is 2.27. The third-order valence-electron chi connectivity index (χ3n) is 6.39. The van der Waals surface area contributed by atoms with Gasteiger partial charge in [-0.3, -0.25) is 9.78 Å². The number of hydrogen-bond donors (Lipinski definition) is 1. The molecular formula is C24H28N4O4. The summed E-state index contributed by atoms with van der Waals surface area (Å²) in [5.74, 6) is 1.17. The largest absolute Gasteiger partial charge is 0.489 e. The van der Waals surface area contributed by atoms with Crippen molar-refractivity contribution in [2.75, 3.05) is 38.1 Å². The molecule has 0 radical (unpaired) electrons. The second-order valence-corrected chi connectivity index (χ2v) is 8.66. The predicted octanol–water partition coefficient (Wildman–Crippen LogP) is 2.87. The van der Waals surface area contributed by atoms with Crippen molar-refractivity contribution in [1.82, 2.24) is 14.8 Å². The normalized spacial score (nSPS) is 23.1. The molecule has 2 atom stereocenters. The van der Waals surface area contributed by atoms with Crippen molar-refractivity contribution in [2.45, 2.75) is 37.4 Å². The molecule has 0 aliphatic carbocycles. The molecule has 2 aromatic rings. The predicted molar refractivity (Wildman–Crippen MR) is 119 cm³/mol. The topological polar surface area (TPSA) is 84.0 Å². The highest BCUT2D eigenvalue weighted by molar-refractivity contribution is 5.90. The minimum absolute atomic E-state index is 0.0220. The number of rotatable bonds is 5. The van der Waals surface area contributed by atoms with Gasteiger partial charge in [0.1, 0.15) is 18.0 Å². The lowest BCUT2D eigenvalue weighted by atomic mass is 9.93. The standard InChI is InChI=1S/C24H28N4O4/c29-23(22-4-2-12-31-22)27-11-9-21(16-27)32-20-7-5-19(6-8-20)26-24(30)28-14-18(15-28)17-3-1-10-25-13-17/h1,3,5-8,10,13,18,21-22H,2,4,9,11-12,14-16H2,(H,26,30)/t21-,22+/m1/s1. The van der Waals surface area contributed by atoms with Gasteiger partial charge < -0.3 is 24.6 Å². The van der Waals surface area contributed by atoms with Crippen LogP contribution in [-0.4, -0.2) is 71.7 Å². The Morgan fingerprint density at radius 1 is 1.06 bits per heavy atom. The molecular weight excluding hydrogens is 408 g/mol. The zero-order chi connectivity index (χ0) is 21.9. The number of carbonyl (C=O) groups excluding carboxylic acids is 2. The van der Waals surface area contributed by atoms with Gasteiger partial charge in [-0.05, 0) is 48.7 Å². The molecule has 5 rings (SSSR count). The van der Waals surface area contributed by atoms with E-state index < -0.39 is 0 Å². The van der Waals surface area contributed by atoms with Crippen LogP contribution >= 0.6 is 0 Å². The number of nitrogens with zero attached hydrogens (tertiary/aromatic N) is 3. The zero-order valence-corrected chi connectivity index (χ0v) is 18.0. The van der Waals surface area contributed by atoms with E-state index in [2.05, 4.69) is 10.3 Å². The number of likely N-dealkylation sites (tertiary alicyclic amines) is 2. The summed E-state index contributed by atoms with van der Waals surface area (Å²) < 4.78 is 11.6. The SMILES string of the molecule is O=C(Nc1ccc(O[C@@H]2CCN(C(=O)[C@@H]3CCCO3)C2)cc1)N1CC(c2cccnc2)C1. The van der Waals surface area contributed by atoms with E-state index in [4.69, 9.17) is 9.47 Å². The van der Waals surface area contributed by atoms with Crippen molar-refractivity contribution in [2.24, 2.45) is 0 Å². The summed E-state index contributed by atoms with van der Waals surface area (Å²) in [6.07, 6.45) is 5.90. The van der Waals surface area contributed by atoms with E-state index in [9.17, 15) is 9.59 Å². The lowest BCUT2D eigenvalue weighted by Gasteiger charge is -2.39. The minimum atomic E-state index is -0.275. The first-order valence-electron chi connectivity index (χ1n) is 11.3. The van der Waals surface area contributed by atoms with Crippen molar-refractivity contribution < 1.29 is 19.1 Å². The molecule has 4 heterocycles. The summed E-state index contributed by atoms with van der Waals surface area (Å²) >= 11 is 0. The average molecular weight is 437 g/mol. The summed E-state index contributed by atoms with van der Waals surface area (Å²) in [6.45, 7) is 3.36. The lowest BCUT2D eigenvalue weighted by molar-refractivity contribution is -0.140. The van der Waals surface area contributed by atoms with Crippen molar-refractivity contribution in [3.05, 3.63) is 54.4 Å². The molecule has 0 bridgehead atoms. The van der Waals surface area contributed by atoms with Gasteiger partial charge in [0, 0.05) is 56.7 Å². The molecule has 3 aliphatic rings. The Kier molecular flexibility index (Phi) is 5.94. The van der Waals surface area contributed by atoms with E-state index >= 15 is 0 Å². The van der Waals surface area contributed by atoms with Gasteiger partial charge in [0.2, 0.25) is 0 Å². The van der Waals surface area contributed by atoms with Crippen LogP contribution in [0.5, 0.6) is 5.75 Å². The van der Waals surface area contributed by atoms with Crippen LogP contribution in [0.2, 0.25) is 0 Å². The maximum atomic E-state index is 12.5. The molecule has 0 spiro atoms. The Morgan fingerprint density at radius 2 is 1.91 bits per heavy atom. The maximum absolute atomic E-state index is 12.5. The van der Waals surface area contributed by atoms with Crippen molar-refractivity contribution in [3.8, 4) is 5.75 Å². The average Bonchev–Trinajstić information content (AvgIpc) is 3.47. The minimum Gasteiger partial charge on any atom is -0.489 e. The highest BCUT2D eigenvalue weighted by atomic mass is 16.5. The van der Waals surface area contributed by atoms with Gasteiger partial charge in [0.05, 0.1) is 6.54 Å². The fourth-order valence-electron chi connectivity index (χ4n) is 4.49. The Hall–Kier alpha value is -3.13. The molecule has 3 fully saturated rings. The number of nitrogens with one attached hydrogen (secondary N) is 1. The first-order valence-corrected chi connectivity index (χ1v) is 11.3. The number of carbonyl (C=O) groups is 2. The Balaban J connectivity index is 1.07. The van der Waals surface area contributed by atoms with E-state index in [1.54, 1.807) is 11.1 Å². The quantitative estimate of drug-likeness (QED) is 0.779. The first kappa shape index (κ1) is 20.8. The van der Waals surface area contributed by atoms with Crippen LogP contribution in [0.25, 0.3) is 0 Å². The summed E-state index contributed by atoms with van der Waals surface area (Å²) in [5, 5.41) is 2.94. The van der Waals surface area contributed by atoms with Crippen LogP contribution in [0.4, 0.5) is 10.5 Å². The first-order chi connectivity index (χ1) is 15.7. The Labute approximate surface area is 187 Å². The molecule has 3 aliphatic heterocycles. The highest BCUT2D eigenvalue weighted by Gasteiger charge is 2.34. The molecule has 8 heteroatoms. The van der Waals surface area contributed by atoms with Crippen molar-refractivity contribution in [1.29, 1.82) is 0 Å². The van der Waals surface area contributed by atoms with Gasteiger partial charge in [-0.15, -0.1) is 0 Å². The van der Waals surface area contributed by atoms with Crippen LogP contribution in [0, 0.1) is 0 Å². The fraction of sp³-hybridized carbons (Fsp3) is 0.458. The number of ether oxygens (including phenoxy) is 2. The van der Waals surface area contributed by atoms with E-state index in [1.165, 1.54) is 5.56 Å². The van der Waals surface area contributed by atoms with Gasteiger partial charge in [-0.25, -0.2) is 4.79 Å². The van der Waals surface area contributed by atoms with Crippen molar-refractivity contribution in [3.63, 3.8) is 0 Å². The van der Waals surface area contributed by atoms with Crippen LogP contribution in [0.3, 0.4) is 0 Å². The Bertz CT molecular complexity index is 940. The number of aromatic nitrogens is 1. The number of pyridine rings is 1. The fourth-order valence-corrected chi connectivity index (χ4v) is 4.49. The smallest absolute Gasteiger partial charge is 0.321 e. The van der Waals surface area contributed by atoms with Crippen LogP contribution in [0.15, 0.2) is 48.8 Å². The summed E-state index contributed by atoms with van der Waals surface area (Å²) in [4.78, 5) is 32.7. The molecule has 1 aromatic carbocycles. The van der Waals surface area contributed by atoms with Gasteiger partial charge >= 0.3 is 6.03 Å². The molecule has 1 aromatic heterocycles. The van der Waals surface area contributed by atoms with Crippen LogP contribution < -0.4 is 10.1 Å². The number of amides is 3. The van der Waals surface area contributed by atoms with E-state index in [1.807, 2.05) is 47.5 Å². The molecule has 168 valence electrons. The van der Waals surface area contributed by atoms with Crippen molar-refractivity contribution >= 4 is 17.6 Å². The molecule has 0 unspecified atom stereocenters. The van der Waals surface area contributed by atoms with Crippen LogP contribution in [0.1, 0.15) is 30.7 Å². The monoisotopic (exact) mass is 436 g/mol. The molecule has 1 N–H and O–H groups in total. The summed E-state index contributed by atoms with van der Waals surface area (Å²) in [7, 11) is 0. The molecule has 3 saturated heterocycles. The second kappa shape index (κ2) is 9.16. The summed E-state index contributed by atoms with van der Waals surface area (Å²) in [5.41, 5.74) is 1.90. The van der Waals surface area contributed by atoms with E-state index in [0.29, 0.717) is 38.7 Å². The molecule has 3 amide bonds.